The van der Waals surface area contributed by atoms with Gasteiger partial charge < -0.3 is 15.4 Å². The van der Waals surface area contributed by atoms with Crippen LogP contribution < -0.4 is 15.4 Å². The topological polar surface area (TPSA) is 72.0 Å². The van der Waals surface area contributed by atoms with Gasteiger partial charge in [0, 0.05) is 12.3 Å². The van der Waals surface area contributed by atoms with Gasteiger partial charge in [0.1, 0.15) is 23.7 Å². The highest BCUT2D eigenvalue weighted by Crippen LogP contribution is 2.27. The number of benzene rings is 1. The van der Waals surface area contributed by atoms with Crippen LogP contribution in [0.5, 0.6) is 5.75 Å². The second-order valence-corrected chi connectivity index (χ2v) is 5.02. The minimum atomic E-state index is 0.604. The van der Waals surface area contributed by atoms with Crippen molar-refractivity contribution >= 4 is 17.3 Å². The lowest BCUT2D eigenvalue weighted by atomic mass is 10.3. The van der Waals surface area contributed by atoms with Crippen LogP contribution in [0.15, 0.2) is 61.1 Å². The van der Waals surface area contributed by atoms with E-state index >= 15 is 0 Å². The maximum absolute atomic E-state index is 5.61. The molecule has 1 aromatic carbocycles. The van der Waals surface area contributed by atoms with Gasteiger partial charge in [-0.1, -0.05) is 18.2 Å². The fraction of sp³-hybridized carbons (Fsp3) is 0.167. The van der Waals surface area contributed by atoms with Crippen LogP contribution in [0.2, 0.25) is 0 Å². The zero-order chi connectivity index (χ0) is 16.6. The second-order valence-electron chi connectivity index (χ2n) is 5.02. The molecule has 0 atom stereocenters. The fourth-order valence-corrected chi connectivity index (χ4v) is 2.20. The molecule has 0 radical (unpaired) electrons. The summed E-state index contributed by atoms with van der Waals surface area (Å²) in [6.07, 6.45) is 3.29. The molecule has 0 unspecified atom stereocenters. The molecule has 3 aromatic rings. The van der Waals surface area contributed by atoms with Crippen LogP contribution in [0.25, 0.3) is 0 Å². The van der Waals surface area contributed by atoms with Crippen LogP contribution in [0, 0.1) is 0 Å². The van der Waals surface area contributed by atoms with Gasteiger partial charge in [-0.05, 0) is 31.2 Å². The van der Waals surface area contributed by atoms with E-state index in [9.17, 15) is 0 Å². The van der Waals surface area contributed by atoms with E-state index in [2.05, 4.69) is 25.6 Å². The molecule has 0 bridgehead atoms. The largest absolute Gasteiger partial charge is 0.492 e. The highest BCUT2D eigenvalue weighted by Gasteiger charge is 2.05. The van der Waals surface area contributed by atoms with Crippen molar-refractivity contribution in [3.05, 3.63) is 66.7 Å². The first kappa shape index (κ1) is 15.7. The number of aromatic nitrogens is 3. The first-order chi connectivity index (χ1) is 11.8. The maximum Gasteiger partial charge on any atom is 0.142 e. The first-order valence-corrected chi connectivity index (χ1v) is 7.80. The summed E-state index contributed by atoms with van der Waals surface area (Å²) in [4.78, 5) is 12.8. The molecule has 3 rings (SSSR count). The van der Waals surface area contributed by atoms with Crippen molar-refractivity contribution in [1.29, 1.82) is 0 Å². The van der Waals surface area contributed by atoms with Gasteiger partial charge in [-0.25, -0.2) is 9.97 Å². The lowest BCUT2D eigenvalue weighted by Crippen LogP contribution is -2.04. The van der Waals surface area contributed by atoms with Crippen LogP contribution in [0.4, 0.5) is 17.3 Å². The third-order valence-electron chi connectivity index (χ3n) is 3.29. The van der Waals surface area contributed by atoms with Crippen molar-refractivity contribution in [1.82, 2.24) is 15.0 Å². The van der Waals surface area contributed by atoms with Crippen molar-refractivity contribution in [3.8, 4) is 5.75 Å². The zero-order valence-corrected chi connectivity index (χ0v) is 13.4. The molecular formula is C18H19N5O. The standard InChI is InChI=1S/C18H19N5O/c1-2-24-16-9-4-3-8-15(16)23-18-11-17(21-13-22-18)20-12-14-7-5-6-10-19-14/h3-11,13H,2,12H2,1H3,(H2,20,21,22,23). The van der Waals surface area contributed by atoms with E-state index in [1.54, 1.807) is 6.20 Å². The van der Waals surface area contributed by atoms with E-state index in [-0.39, 0.29) is 0 Å². The summed E-state index contributed by atoms with van der Waals surface area (Å²) >= 11 is 0. The molecule has 0 amide bonds. The monoisotopic (exact) mass is 321 g/mol. The normalized spacial score (nSPS) is 10.2. The molecule has 0 aliphatic heterocycles. The van der Waals surface area contributed by atoms with Gasteiger partial charge in [0.05, 0.1) is 24.5 Å². The molecule has 6 heteroatoms. The predicted octanol–water partition coefficient (Wildman–Crippen LogP) is 3.63. The SMILES string of the molecule is CCOc1ccccc1Nc1cc(NCc2ccccn2)ncn1. The minimum absolute atomic E-state index is 0.604. The lowest BCUT2D eigenvalue weighted by Gasteiger charge is -2.12. The second kappa shape index (κ2) is 7.92. The molecule has 0 saturated carbocycles. The smallest absolute Gasteiger partial charge is 0.142 e. The van der Waals surface area contributed by atoms with Gasteiger partial charge in [-0.3, -0.25) is 4.98 Å². The molecule has 2 aromatic heterocycles. The van der Waals surface area contributed by atoms with Gasteiger partial charge in [0.25, 0.3) is 0 Å². The van der Waals surface area contributed by atoms with Crippen molar-refractivity contribution in [2.45, 2.75) is 13.5 Å². The van der Waals surface area contributed by atoms with E-state index in [4.69, 9.17) is 4.74 Å². The Hall–Kier alpha value is -3.15. The molecule has 0 fully saturated rings. The Kier molecular flexibility index (Phi) is 5.19. The minimum Gasteiger partial charge on any atom is -0.492 e. The summed E-state index contributed by atoms with van der Waals surface area (Å²) in [5.41, 5.74) is 1.82. The Morgan fingerprint density at radius 2 is 1.79 bits per heavy atom. The molecule has 0 spiro atoms. The number of hydrogen-bond acceptors (Lipinski definition) is 6. The predicted molar refractivity (Wildman–Crippen MR) is 94.5 cm³/mol. The number of ether oxygens (including phenoxy) is 1. The third kappa shape index (κ3) is 4.19. The molecule has 122 valence electrons. The van der Waals surface area contributed by atoms with Crippen molar-refractivity contribution < 1.29 is 4.74 Å². The average Bonchev–Trinajstić information content (AvgIpc) is 2.63. The Bertz CT molecular complexity index is 779. The molecule has 2 N–H and O–H groups in total. The van der Waals surface area contributed by atoms with E-state index < -0.39 is 0 Å². The molecule has 0 saturated heterocycles. The van der Waals surface area contributed by atoms with Crippen LogP contribution in [0.1, 0.15) is 12.6 Å². The van der Waals surface area contributed by atoms with Gasteiger partial charge in [0.15, 0.2) is 0 Å². The molecule has 6 nitrogen and oxygen atoms in total. The van der Waals surface area contributed by atoms with Crippen molar-refractivity contribution in [3.63, 3.8) is 0 Å². The number of pyridine rings is 1. The van der Waals surface area contributed by atoms with Crippen molar-refractivity contribution in [2.75, 3.05) is 17.2 Å². The van der Waals surface area contributed by atoms with E-state index in [1.807, 2.05) is 55.5 Å². The number of para-hydroxylation sites is 2. The Labute approximate surface area is 141 Å². The molecule has 24 heavy (non-hydrogen) atoms. The fourth-order valence-electron chi connectivity index (χ4n) is 2.20. The van der Waals surface area contributed by atoms with E-state index in [0.29, 0.717) is 19.0 Å². The Balaban J connectivity index is 1.69. The number of hydrogen-bond donors (Lipinski definition) is 2. The summed E-state index contributed by atoms with van der Waals surface area (Å²) in [6.45, 7) is 3.17. The summed E-state index contributed by atoms with van der Waals surface area (Å²) < 4.78 is 5.61. The maximum atomic E-state index is 5.61. The van der Waals surface area contributed by atoms with Crippen LogP contribution in [-0.2, 0) is 6.54 Å². The number of nitrogens with zero attached hydrogens (tertiary/aromatic N) is 3. The molecule has 0 aliphatic carbocycles. The van der Waals surface area contributed by atoms with Gasteiger partial charge in [0.2, 0.25) is 0 Å². The summed E-state index contributed by atoms with van der Waals surface area (Å²) in [6, 6.07) is 15.4. The Morgan fingerprint density at radius 1 is 0.958 bits per heavy atom. The highest BCUT2D eigenvalue weighted by molar-refractivity contribution is 5.65. The van der Waals surface area contributed by atoms with Crippen molar-refractivity contribution in [2.24, 2.45) is 0 Å². The van der Waals surface area contributed by atoms with Gasteiger partial charge in [-0.15, -0.1) is 0 Å². The summed E-state index contributed by atoms with van der Waals surface area (Å²) in [5.74, 6) is 2.22. The quantitative estimate of drug-likeness (QED) is 0.692. The summed E-state index contributed by atoms with van der Waals surface area (Å²) in [5, 5.41) is 6.51. The number of anilines is 3. The molecular weight excluding hydrogens is 302 g/mol. The van der Waals surface area contributed by atoms with E-state index in [0.717, 1.165) is 22.9 Å². The average molecular weight is 321 g/mol. The number of rotatable bonds is 7. The van der Waals surface area contributed by atoms with Gasteiger partial charge >= 0.3 is 0 Å². The third-order valence-corrected chi connectivity index (χ3v) is 3.29. The summed E-state index contributed by atoms with van der Waals surface area (Å²) in [7, 11) is 0. The highest BCUT2D eigenvalue weighted by atomic mass is 16.5. The van der Waals surface area contributed by atoms with E-state index in [1.165, 1.54) is 6.33 Å². The van der Waals surface area contributed by atoms with Crippen LogP contribution in [0.3, 0.4) is 0 Å². The number of nitrogens with one attached hydrogen (secondary N) is 2. The first-order valence-electron chi connectivity index (χ1n) is 7.80. The van der Waals surface area contributed by atoms with Crippen LogP contribution >= 0.6 is 0 Å². The molecule has 2 heterocycles. The zero-order valence-electron chi connectivity index (χ0n) is 13.4. The lowest BCUT2D eigenvalue weighted by molar-refractivity contribution is 0.342. The van der Waals surface area contributed by atoms with Gasteiger partial charge in [-0.2, -0.15) is 0 Å². The molecule has 0 aliphatic rings. The van der Waals surface area contributed by atoms with Crippen LogP contribution in [-0.4, -0.2) is 21.6 Å². The Morgan fingerprint density at radius 3 is 2.62 bits per heavy atom.